The monoisotopic (exact) mass is 302 g/mol. The predicted molar refractivity (Wildman–Crippen MR) is 86.3 cm³/mol. The highest BCUT2D eigenvalue weighted by Gasteiger charge is 2.39. The molecule has 0 unspecified atom stereocenters. The Balaban J connectivity index is 1.69. The van der Waals surface area contributed by atoms with Gasteiger partial charge in [0.1, 0.15) is 0 Å². The van der Waals surface area contributed by atoms with Gasteiger partial charge in [-0.15, -0.1) is 0 Å². The van der Waals surface area contributed by atoms with Crippen LogP contribution in [0.1, 0.15) is 37.2 Å². The van der Waals surface area contributed by atoms with Crippen molar-refractivity contribution >= 4 is 5.91 Å². The number of carbonyl (C=O) groups excluding carboxylic acids is 1. The maximum absolute atomic E-state index is 12.8. The van der Waals surface area contributed by atoms with Crippen LogP contribution in [0.5, 0.6) is 0 Å². The molecule has 4 heteroatoms. The lowest BCUT2D eigenvalue weighted by molar-refractivity contribution is -0.199. The van der Waals surface area contributed by atoms with Crippen LogP contribution in [-0.2, 0) is 9.63 Å². The van der Waals surface area contributed by atoms with E-state index in [9.17, 15) is 4.79 Å². The van der Waals surface area contributed by atoms with Gasteiger partial charge in [0.2, 0.25) is 0 Å². The summed E-state index contributed by atoms with van der Waals surface area (Å²) in [6.45, 7) is 1.73. The van der Waals surface area contributed by atoms with E-state index in [0.717, 1.165) is 25.9 Å². The lowest BCUT2D eigenvalue weighted by Crippen LogP contribution is -2.38. The van der Waals surface area contributed by atoms with Crippen molar-refractivity contribution in [1.82, 2.24) is 9.96 Å². The summed E-state index contributed by atoms with van der Waals surface area (Å²) in [4.78, 5) is 20.9. The molecule has 1 saturated heterocycles. The highest BCUT2D eigenvalue weighted by molar-refractivity contribution is 5.79. The summed E-state index contributed by atoms with van der Waals surface area (Å²) >= 11 is 0. The summed E-state index contributed by atoms with van der Waals surface area (Å²) in [5.74, 6) is 0.359. The molecule has 0 N–H and O–H groups in total. The second kappa shape index (κ2) is 6.80. The molecule has 2 atom stereocenters. The number of likely N-dealkylation sites (tertiary alicyclic amines) is 1. The van der Waals surface area contributed by atoms with Gasteiger partial charge in [-0.3, -0.25) is 9.63 Å². The van der Waals surface area contributed by atoms with Gasteiger partial charge in [0.25, 0.3) is 5.91 Å². The molecule has 1 aliphatic heterocycles. The number of nitrogens with zero attached hydrogens (tertiary/aromatic N) is 2. The fourth-order valence-electron chi connectivity index (χ4n) is 3.79. The zero-order valence-electron chi connectivity index (χ0n) is 13.6. The van der Waals surface area contributed by atoms with Gasteiger partial charge in [-0.2, -0.15) is 0 Å². The Bertz CT molecular complexity index is 499. The predicted octanol–water partition coefficient (Wildman–Crippen LogP) is 2.66. The molecule has 1 heterocycles. The molecular formula is C18H26N2O2. The Morgan fingerprint density at radius 3 is 2.55 bits per heavy atom. The van der Waals surface area contributed by atoms with Crippen LogP contribution in [0.4, 0.5) is 0 Å². The van der Waals surface area contributed by atoms with E-state index >= 15 is 0 Å². The van der Waals surface area contributed by atoms with Gasteiger partial charge in [0.05, 0.1) is 12.0 Å². The third-order valence-corrected chi connectivity index (χ3v) is 4.97. The fourth-order valence-corrected chi connectivity index (χ4v) is 3.79. The molecule has 1 amide bonds. The number of carbonyl (C=O) groups is 1. The van der Waals surface area contributed by atoms with Gasteiger partial charge in [-0.1, -0.05) is 43.2 Å². The number of benzene rings is 1. The number of amides is 1. The van der Waals surface area contributed by atoms with Gasteiger partial charge in [0.15, 0.2) is 0 Å². The van der Waals surface area contributed by atoms with Gasteiger partial charge >= 0.3 is 0 Å². The van der Waals surface area contributed by atoms with Gasteiger partial charge in [0, 0.05) is 26.1 Å². The first-order chi connectivity index (χ1) is 10.6. The molecule has 1 aromatic rings. The van der Waals surface area contributed by atoms with Gasteiger partial charge in [-0.25, -0.2) is 5.06 Å². The van der Waals surface area contributed by atoms with Crippen molar-refractivity contribution in [2.24, 2.45) is 5.92 Å². The highest BCUT2D eigenvalue weighted by atomic mass is 16.7. The average molecular weight is 302 g/mol. The number of rotatable bonds is 4. The second-order valence-corrected chi connectivity index (χ2v) is 6.69. The minimum atomic E-state index is -0.0150. The summed E-state index contributed by atoms with van der Waals surface area (Å²) < 4.78 is 0. The molecule has 22 heavy (non-hydrogen) atoms. The zero-order valence-corrected chi connectivity index (χ0v) is 13.6. The number of likely N-dealkylation sites (N-methyl/N-ethyl adjacent to an activating group) is 1. The van der Waals surface area contributed by atoms with E-state index in [2.05, 4.69) is 24.1 Å². The average Bonchev–Trinajstić information content (AvgIpc) is 3.17. The zero-order chi connectivity index (χ0) is 15.5. The molecule has 1 saturated carbocycles. The first-order valence-corrected chi connectivity index (χ1v) is 8.33. The first-order valence-electron chi connectivity index (χ1n) is 8.33. The molecule has 0 spiro atoms. The highest BCUT2D eigenvalue weighted by Crippen LogP contribution is 2.33. The van der Waals surface area contributed by atoms with E-state index in [1.165, 1.54) is 23.5 Å². The van der Waals surface area contributed by atoms with Crippen molar-refractivity contribution in [1.29, 1.82) is 0 Å². The van der Waals surface area contributed by atoms with E-state index in [1.807, 2.05) is 18.2 Å². The molecule has 120 valence electrons. The fraction of sp³-hybridized carbons (Fsp3) is 0.611. The van der Waals surface area contributed by atoms with E-state index in [4.69, 9.17) is 4.84 Å². The Kier molecular flexibility index (Phi) is 4.79. The topological polar surface area (TPSA) is 32.8 Å². The lowest BCUT2D eigenvalue weighted by Gasteiger charge is -2.26. The van der Waals surface area contributed by atoms with Crippen molar-refractivity contribution in [2.75, 3.05) is 27.2 Å². The Morgan fingerprint density at radius 2 is 1.86 bits per heavy atom. The van der Waals surface area contributed by atoms with Crippen molar-refractivity contribution in [3.8, 4) is 0 Å². The quantitative estimate of drug-likeness (QED) is 0.802. The standard InChI is InChI=1S/C18H26N2O2/c1-19-12-16(14-8-4-3-5-9-14)17(13-19)18(21)20(2)22-15-10-6-7-11-15/h3-5,8-9,15-17H,6-7,10-13H2,1-2H3/t16-,17+/m0/s1. The van der Waals surface area contributed by atoms with E-state index in [1.54, 1.807) is 7.05 Å². The number of hydroxylamine groups is 2. The maximum Gasteiger partial charge on any atom is 0.250 e. The van der Waals surface area contributed by atoms with Crippen LogP contribution in [-0.4, -0.2) is 49.2 Å². The molecule has 1 aliphatic carbocycles. The molecule has 2 aliphatic rings. The van der Waals surface area contributed by atoms with Crippen molar-refractivity contribution < 1.29 is 9.63 Å². The van der Waals surface area contributed by atoms with Gasteiger partial charge < -0.3 is 4.90 Å². The molecule has 0 bridgehead atoms. The summed E-state index contributed by atoms with van der Waals surface area (Å²) in [5.41, 5.74) is 1.25. The summed E-state index contributed by atoms with van der Waals surface area (Å²) in [7, 11) is 3.86. The normalized spacial score (nSPS) is 26.5. The molecular weight excluding hydrogens is 276 g/mol. The summed E-state index contributed by atoms with van der Waals surface area (Å²) in [6.07, 6.45) is 4.80. The Morgan fingerprint density at radius 1 is 1.18 bits per heavy atom. The minimum Gasteiger partial charge on any atom is -0.305 e. The molecule has 2 fully saturated rings. The van der Waals surface area contributed by atoms with E-state index < -0.39 is 0 Å². The van der Waals surface area contributed by atoms with Crippen LogP contribution < -0.4 is 0 Å². The summed E-state index contributed by atoms with van der Waals surface area (Å²) in [6, 6.07) is 10.4. The van der Waals surface area contributed by atoms with Crippen LogP contribution in [0.3, 0.4) is 0 Å². The number of hydrogen-bond acceptors (Lipinski definition) is 3. The van der Waals surface area contributed by atoms with Crippen LogP contribution in [0.2, 0.25) is 0 Å². The maximum atomic E-state index is 12.8. The lowest BCUT2D eigenvalue weighted by atomic mass is 9.88. The largest absolute Gasteiger partial charge is 0.305 e. The van der Waals surface area contributed by atoms with E-state index in [-0.39, 0.29) is 23.8 Å². The Labute approximate surface area is 133 Å². The Hall–Kier alpha value is -1.39. The smallest absolute Gasteiger partial charge is 0.250 e. The third-order valence-electron chi connectivity index (χ3n) is 4.97. The SMILES string of the molecule is CN1C[C@@H](C(=O)N(C)OC2CCCC2)[C@H](c2ccccc2)C1. The van der Waals surface area contributed by atoms with Crippen molar-refractivity contribution in [3.63, 3.8) is 0 Å². The molecule has 1 aromatic carbocycles. The van der Waals surface area contributed by atoms with Crippen molar-refractivity contribution in [2.45, 2.75) is 37.7 Å². The summed E-state index contributed by atoms with van der Waals surface area (Å²) in [5, 5.41) is 1.51. The first kappa shape index (κ1) is 15.5. The second-order valence-electron chi connectivity index (χ2n) is 6.69. The van der Waals surface area contributed by atoms with Crippen LogP contribution in [0.15, 0.2) is 30.3 Å². The van der Waals surface area contributed by atoms with Gasteiger partial charge in [-0.05, 0) is 25.5 Å². The van der Waals surface area contributed by atoms with Crippen LogP contribution in [0, 0.1) is 5.92 Å². The van der Waals surface area contributed by atoms with Crippen LogP contribution >= 0.6 is 0 Å². The third kappa shape index (κ3) is 3.33. The molecule has 4 nitrogen and oxygen atoms in total. The minimum absolute atomic E-state index is 0.0150. The van der Waals surface area contributed by atoms with Crippen molar-refractivity contribution in [3.05, 3.63) is 35.9 Å². The van der Waals surface area contributed by atoms with Crippen LogP contribution in [0.25, 0.3) is 0 Å². The molecule has 0 aromatic heterocycles. The molecule has 0 radical (unpaired) electrons. The van der Waals surface area contributed by atoms with E-state index in [0.29, 0.717) is 0 Å². The number of hydrogen-bond donors (Lipinski definition) is 0. The molecule has 3 rings (SSSR count).